The van der Waals surface area contributed by atoms with E-state index in [9.17, 15) is 4.79 Å². The summed E-state index contributed by atoms with van der Waals surface area (Å²) in [5.74, 6) is 0. The molecular weight excluding hydrogens is 176 g/mol. The Hall–Kier alpha value is -2.08. The summed E-state index contributed by atoms with van der Waals surface area (Å²) < 4.78 is 0. The average molecular weight is 186 g/mol. The van der Waals surface area contributed by atoms with Gasteiger partial charge in [0, 0.05) is 6.42 Å². The molecule has 2 N–H and O–H groups in total. The molecule has 0 saturated carbocycles. The van der Waals surface area contributed by atoms with Crippen molar-refractivity contribution in [1.82, 2.24) is 0 Å². The van der Waals surface area contributed by atoms with Crippen molar-refractivity contribution in [3.8, 4) is 6.07 Å². The summed E-state index contributed by atoms with van der Waals surface area (Å²) in [5, 5.41) is 8.63. The number of nitrogen functional groups attached to an aromatic ring is 1. The third-order valence-corrected chi connectivity index (χ3v) is 1.74. The van der Waals surface area contributed by atoms with E-state index in [4.69, 9.17) is 11.0 Å². The Morgan fingerprint density at radius 3 is 2.86 bits per heavy atom. The predicted octanol–water partition coefficient (Wildman–Crippen LogP) is 1.74. The number of anilines is 1. The molecule has 0 heterocycles. The minimum Gasteiger partial charge on any atom is -0.398 e. The lowest BCUT2D eigenvalue weighted by molar-refractivity contribution is -0.107. The van der Waals surface area contributed by atoms with Crippen molar-refractivity contribution in [3.63, 3.8) is 0 Å². The highest BCUT2D eigenvalue weighted by atomic mass is 16.1. The second-order valence-corrected chi connectivity index (χ2v) is 2.76. The molecule has 0 aromatic heterocycles. The molecule has 14 heavy (non-hydrogen) atoms. The van der Waals surface area contributed by atoms with Gasteiger partial charge in [-0.2, -0.15) is 5.26 Å². The van der Waals surface area contributed by atoms with Crippen molar-refractivity contribution >= 4 is 18.0 Å². The van der Waals surface area contributed by atoms with Crippen LogP contribution < -0.4 is 5.73 Å². The number of aldehydes is 1. The fourth-order valence-corrected chi connectivity index (χ4v) is 1.05. The highest BCUT2D eigenvalue weighted by Crippen LogP contribution is 2.14. The van der Waals surface area contributed by atoms with Gasteiger partial charge in [-0.05, 0) is 17.7 Å². The minimum atomic E-state index is 0.389. The number of rotatable bonds is 3. The van der Waals surface area contributed by atoms with Gasteiger partial charge in [0.15, 0.2) is 0 Å². The summed E-state index contributed by atoms with van der Waals surface area (Å²) in [6.45, 7) is 0. The number of benzene rings is 1. The van der Waals surface area contributed by atoms with Crippen LogP contribution in [0.3, 0.4) is 0 Å². The topological polar surface area (TPSA) is 66.9 Å². The van der Waals surface area contributed by atoms with Crippen LogP contribution in [0.5, 0.6) is 0 Å². The SMILES string of the molecule is N#Cc1ccc(C=CCC=O)cc1N. The molecule has 0 atom stereocenters. The molecule has 0 fully saturated rings. The van der Waals surface area contributed by atoms with Gasteiger partial charge in [-0.3, -0.25) is 0 Å². The van der Waals surface area contributed by atoms with E-state index in [1.165, 1.54) is 0 Å². The van der Waals surface area contributed by atoms with Crippen LogP contribution in [0.4, 0.5) is 5.69 Å². The third kappa shape index (κ3) is 2.46. The van der Waals surface area contributed by atoms with Crippen LogP contribution in [0.1, 0.15) is 17.5 Å². The second kappa shape index (κ2) is 4.83. The van der Waals surface area contributed by atoms with E-state index in [2.05, 4.69) is 0 Å². The summed E-state index contributed by atoms with van der Waals surface area (Å²) in [6.07, 6.45) is 4.75. The molecule has 1 aromatic rings. The monoisotopic (exact) mass is 186 g/mol. The van der Waals surface area contributed by atoms with Crippen LogP contribution in [0.2, 0.25) is 0 Å². The maximum Gasteiger partial charge on any atom is 0.123 e. The Kier molecular flexibility index (Phi) is 3.45. The Labute approximate surface area is 82.5 Å². The molecule has 1 aromatic carbocycles. The first-order valence-corrected chi connectivity index (χ1v) is 4.17. The van der Waals surface area contributed by atoms with Gasteiger partial charge in [0.2, 0.25) is 0 Å². The maximum absolute atomic E-state index is 10.0. The molecule has 1 rings (SSSR count). The maximum atomic E-state index is 10.0. The molecule has 70 valence electrons. The number of hydrogen-bond acceptors (Lipinski definition) is 3. The normalized spacial score (nSPS) is 9.93. The Morgan fingerprint density at radius 1 is 1.50 bits per heavy atom. The zero-order valence-corrected chi connectivity index (χ0v) is 7.60. The minimum absolute atomic E-state index is 0.389. The third-order valence-electron chi connectivity index (χ3n) is 1.74. The summed E-state index contributed by atoms with van der Waals surface area (Å²) in [7, 11) is 0. The highest BCUT2D eigenvalue weighted by molar-refractivity contribution is 5.64. The standard InChI is InChI=1S/C11H10N2O/c12-8-10-5-4-9(7-11(10)13)3-1-2-6-14/h1,3-7H,2,13H2. The molecule has 0 unspecified atom stereocenters. The molecule has 0 aliphatic carbocycles. The number of carbonyl (C=O) groups excluding carboxylic acids is 1. The highest BCUT2D eigenvalue weighted by Gasteiger charge is 1.96. The van der Waals surface area contributed by atoms with E-state index in [0.29, 0.717) is 17.7 Å². The number of hydrogen-bond donors (Lipinski definition) is 1. The van der Waals surface area contributed by atoms with Gasteiger partial charge in [-0.15, -0.1) is 0 Å². The van der Waals surface area contributed by atoms with Crippen LogP contribution in [0.15, 0.2) is 24.3 Å². The van der Waals surface area contributed by atoms with E-state index >= 15 is 0 Å². The molecule has 0 aliphatic heterocycles. The fourth-order valence-electron chi connectivity index (χ4n) is 1.05. The number of nitrogens with two attached hydrogens (primary N) is 1. The fraction of sp³-hybridized carbons (Fsp3) is 0.0909. The quantitative estimate of drug-likeness (QED) is 0.577. The molecule has 0 spiro atoms. The van der Waals surface area contributed by atoms with Crippen molar-refractivity contribution in [3.05, 3.63) is 35.4 Å². The molecule has 0 bridgehead atoms. The van der Waals surface area contributed by atoms with E-state index in [0.717, 1.165) is 11.8 Å². The number of nitrogens with zero attached hydrogens (tertiary/aromatic N) is 1. The smallest absolute Gasteiger partial charge is 0.123 e. The zero-order valence-electron chi connectivity index (χ0n) is 7.60. The largest absolute Gasteiger partial charge is 0.398 e. The Morgan fingerprint density at radius 2 is 2.29 bits per heavy atom. The number of carbonyl (C=O) groups is 1. The van der Waals surface area contributed by atoms with Crippen molar-refractivity contribution < 1.29 is 4.79 Å². The first-order chi connectivity index (χ1) is 6.77. The van der Waals surface area contributed by atoms with Gasteiger partial charge in [0.1, 0.15) is 12.4 Å². The summed E-state index contributed by atoms with van der Waals surface area (Å²) in [6, 6.07) is 7.14. The van der Waals surface area contributed by atoms with Gasteiger partial charge in [-0.1, -0.05) is 18.2 Å². The lowest BCUT2D eigenvalue weighted by Gasteiger charge is -1.98. The molecule has 0 radical (unpaired) electrons. The Balaban J connectivity index is 2.87. The van der Waals surface area contributed by atoms with Crippen LogP contribution in [-0.2, 0) is 4.79 Å². The van der Waals surface area contributed by atoms with Crippen LogP contribution >= 0.6 is 0 Å². The van der Waals surface area contributed by atoms with Gasteiger partial charge in [0.05, 0.1) is 11.3 Å². The van der Waals surface area contributed by atoms with Crippen LogP contribution in [0.25, 0.3) is 6.08 Å². The first kappa shape index (κ1) is 10.0. The van der Waals surface area contributed by atoms with Gasteiger partial charge in [0.25, 0.3) is 0 Å². The zero-order chi connectivity index (χ0) is 10.4. The van der Waals surface area contributed by atoms with Crippen molar-refractivity contribution in [1.29, 1.82) is 5.26 Å². The van der Waals surface area contributed by atoms with E-state index in [-0.39, 0.29) is 0 Å². The number of nitriles is 1. The van der Waals surface area contributed by atoms with Crippen molar-refractivity contribution in [2.24, 2.45) is 0 Å². The molecule has 3 heteroatoms. The van der Waals surface area contributed by atoms with Gasteiger partial charge in [-0.25, -0.2) is 0 Å². The number of allylic oxidation sites excluding steroid dienone is 1. The molecule has 0 saturated heterocycles. The van der Waals surface area contributed by atoms with Gasteiger partial charge < -0.3 is 10.5 Å². The van der Waals surface area contributed by atoms with E-state index in [1.54, 1.807) is 30.4 Å². The molecule has 0 amide bonds. The van der Waals surface area contributed by atoms with Crippen molar-refractivity contribution in [2.75, 3.05) is 5.73 Å². The first-order valence-electron chi connectivity index (χ1n) is 4.17. The predicted molar refractivity (Wildman–Crippen MR) is 55.3 cm³/mol. The Bertz CT molecular complexity index is 402. The van der Waals surface area contributed by atoms with Crippen LogP contribution in [-0.4, -0.2) is 6.29 Å². The summed E-state index contributed by atoms with van der Waals surface area (Å²) >= 11 is 0. The lowest BCUT2D eigenvalue weighted by Crippen LogP contribution is -1.90. The summed E-state index contributed by atoms with van der Waals surface area (Å²) in [5.41, 5.74) is 7.43. The molecule has 3 nitrogen and oxygen atoms in total. The molecule has 0 aliphatic rings. The van der Waals surface area contributed by atoms with E-state index in [1.807, 2.05) is 6.07 Å². The summed E-state index contributed by atoms with van der Waals surface area (Å²) in [4.78, 5) is 10.0. The molecular formula is C11H10N2O. The van der Waals surface area contributed by atoms with Crippen LogP contribution in [0, 0.1) is 11.3 Å². The van der Waals surface area contributed by atoms with Crippen molar-refractivity contribution in [2.45, 2.75) is 6.42 Å². The lowest BCUT2D eigenvalue weighted by atomic mass is 10.1. The average Bonchev–Trinajstić information content (AvgIpc) is 2.18. The van der Waals surface area contributed by atoms with E-state index < -0.39 is 0 Å². The van der Waals surface area contributed by atoms with Gasteiger partial charge >= 0.3 is 0 Å². The second-order valence-electron chi connectivity index (χ2n) is 2.76.